The van der Waals surface area contributed by atoms with Crippen molar-refractivity contribution in [3.05, 3.63) is 11.6 Å². The monoisotopic (exact) mass is 226 g/mol. The van der Waals surface area contributed by atoms with Crippen LogP contribution in [0.3, 0.4) is 0 Å². The molecular weight excluding hydrogens is 216 g/mol. The third kappa shape index (κ3) is 1.39. The van der Waals surface area contributed by atoms with Crippen molar-refractivity contribution in [3.63, 3.8) is 0 Å². The SMILES string of the molecule is COc1cc(C(=O)O)c(OC)c2c1OCO2. The van der Waals surface area contributed by atoms with Gasteiger partial charge in [0, 0.05) is 6.07 Å². The van der Waals surface area contributed by atoms with Crippen molar-refractivity contribution in [2.24, 2.45) is 0 Å². The molecule has 2 rings (SSSR count). The Balaban J connectivity index is 2.68. The van der Waals surface area contributed by atoms with Crippen molar-refractivity contribution >= 4 is 5.97 Å². The number of benzene rings is 1. The van der Waals surface area contributed by atoms with Gasteiger partial charge in [0.2, 0.25) is 18.3 Å². The first-order valence-electron chi connectivity index (χ1n) is 4.47. The van der Waals surface area contributed by atoms with Gasteiger partial charge in [-0.25, -0.2) is 4.79 Å². The van der Waals surface area contributed by atoms with E-state index in [0.717, 1.165) is 0 Å². The lowest BCUT2D eigenvalue weighted by molar-refractivity contribution is 0.0692. The molecule has 1 N–H and O–H groups in total. The lowest BCUT2D eigenvalue weighted by atomic mass is 10.1. The lowest BCUT2D eigenvalue weighted by Crippen LogP contribution is -2.02. The Morgan fingerprint density at radius 2 is 2.00 bits per heavy atom. The van der Waals surface area contributed by atoms with Gasteiger partial charge in [-0.3, -0.25) is 0 Å². The van der Waals surface area contributed by atoms with Gasteiger partial charge in [0.05, 0.1) is 14.2 Å². The van der Waals surface area contributed by atoms with Gasteiger partial charge < -0.3 is 24.1 Å². The van der Waals surface area contributed by atoms with Crippen LogP contribution in [0.15, 0.2) is 6.07 Å². The molecule has 0 saturated carbocycles. The fourth-order valence-corrected chi connectivity index (χ4v) is 1.53. The highest BCUT2D eigenvalue weighted by atomic mass is 16.7. The van der Waals surface area contributed by atoms with Crippen LogP contribution in [-0.2, 0) is 0 Å². The number of carbonyl (C=O) groups is 1. The zero-order valence-electron chi connectivity index (χ0n) is 8.77. The number of methoxy groups -OCH3 is 2. The number of hydrogen-bond donors (Lipinski definition) is 1. The van der Waals surface area contributed by atoms with Crippen LogP contribution < -0.4 is 18.9 Å². The molecule has 0 saturated heterocycles. The Morgan fingerprint density at radius 1 is 1.31 bits per heavy atom. The fourth-order valence-electron chi connectivity index (χ4n) is 1.53. The van der Waals surface area contributed by atoms with E-state index in [1.54, 1.807) is 0 Å². The summed E-state index contributed by atoms with van der Waals surface area (Å²) < 4.78 is 20.4. The topological polar surface area (TPSA) is 74.2 Å². The molecule has 0 unspecified atom stereocenters. The van der Waals surface area contributed by atoms with E-state index in [4.69, 9.17) is 24.1 Å². The molecule has 1 aromatic rings. The molecule has 0 atom stereocenters. The van der Waals surface area contributed by atoms with E-state index in [0.29, 0.717) is 11.5 Å². The highest BCUT2D eigenvalue weighted by molar-refractivity contribution is 5.94. The molecule has 0 bridgehead atoms. The van der Waals surface area contributed by atoms with Crippen LogP contribution in [0.25, 0.3) is 0 Å². The van der Waals surface area contributed by atoms with Crippen molar-refractivity contribution in [3.8, 4) is 23.0 Å². The molecule has 6 nitrogen and oxygen atoms in total. The summed E-state index contributed by atoms with van der Waals surface area (Å²) in [5.74, 6) is -0.0384. The number of fused-ring (bicyclic) bond motifs is 1. The average molecular weight is 226 g/mol. The molecule has 6 heteroatoms. The zero-order valence-corrected chi connectivity index (χ0v) is 8.77. The van der Waals surface area contributed by atoms with Gasteiger partial charge in [0.15, 0.2) is 11.5 Å². The van der Waals surface area contributed by atoms with Crippen molar-refractivity contribution in [1.82, 2.24) is 0 Å². The molecule has 1 heterocycles. The molecule has 0 spiro atoms. The Kier molecular flexibility index (Phi) is 2.47. The lowest BCUT2D eigenvalue weighted by Gasteiger charge is -2.11. The first-order chi connectivity index (χ1) is 7.69. The summed E-state index contributed by atoms with van der Waals surface area (Å²) in [6, 6.07) is 1.34. The number of carboxylic acids is 1. The Bertz CT molecular complexity index is 439. The predicted octanol–water partition coefficient (Wildman–Crippen LogP) is 1.13. The van der Waals surface area contributed by atoms with Gasteiger partial charge in [-0.1, -0.05) is 0 Å². The summed E-state index contributed by atoms with van der Waals surface area (Å²) in [7, 11) is 2.80. The van der Waals surface area contributed by atoms with Crippen molar-refractivity contribution < 1.29 is 28.8 Å². The van der Waals surface area contributed by atoms with E-state index >= 15 is 0 Å². The van der Waals surface area contributed by atoms with Gasteiger partial charge in [-0.15, -0.1) is 0 Å². The van der Waals surface area contributed by atoms with Crippen LogP contribution in [-0.4, -0.2) is 32.1 Å². The Morgan fingerprint density at radius 3 is 2.56 bits per heavy atom. The third-order valence-electron chi connectivity index (χ3n) is 2.22. The highest BCUT2D eigenvalue weighted by Gasteiger charge is 2.29. The summed E-state index contributed by atoms with van der Waals surface area (Å²) in [4.78, 5) is 11.0. The van der Waals surface area contributed by atoms with Crippen molar-refractivity contribution in [1.29, 1.82) is 0 Å². The molecule has 0 radical (unpaired) electrons. The molecule has 1 aromatic carbocycles. The highest BCUT2D eigenvalue weighted by Crippen LogP contribution is 2.49. The maximum atomic E-state index is 11.0. The summed E-state index contributed by atoms with van der Waals surface area (Å²) in [6.45, 7) is 0.0190. The van der Waals surface area contributed by atoms with Crippen LogP contribution in [0.2, 0.25) is 0 Å². The standard InChI is InChI=1S/C10H10O6/c1-13-6-3-5(10(11)12)7(14-2)9-8(6)15-4-16-9/h3H,4H2,1-2H3,(H,11,12). The Labute approximate surface area is 91.3 Å². The van der Waals surface area contributed by atoms with Gasteiger partial charge in [0.1, 0.15) is 5.56 Å². The second-order valence-electron chi connectivity index (χ2n) is 3.03. The number of ether oxygens (including phenoxy) is 4. The van der Waals surface area contributed by atoms with Crippen LogP contribution >= 0.6 is 0 Å². The largest absolute Gasteiger partial charge is 0.493 e. The van der Waals surface area contributed by atoms with Gasteiger partial charge in [0.25, 0.3) is 0 Å². The molecule has 1 aliphatic rings. The first kappa shape index (κ1) is 10.4. The van der Waals surface area contributed by atoms with E-state index in [-0.39, 0.29) is 23.9 Å². The van der Waals surface area contributed by atoms with Crippen LogP contribution in [0.5, 0.6) is 23.0 Å². The molecule has 0 aliphatic carbocycles. The molecular formula is C10H10O6. The number of aromatic carboxylic acids is 1. The van der Waals surface area contributed by atoms with Crippen LogP contribution in [0.4, 0.5) is 0 Å². The zero-order chi connectivity index (χ0) is 11.7. The molecule has 16 heavy (non-hydrogen) atoms. The maximum Gasteiger partial charge on any atom is 0.339 e. The first-order valence-corrected chi connectivity index (χ1v) is 4.47. The minimum atomic E-state index is -1.12. The van der Waals surface area contributed by atoms with E-state index < -0.39 is 5.97 Å². The Hall–Kier alpha value is -2.11. The quantitative estimate of drug-likeness (QED) is 0.832. The normalized spacial score (nSPS) is 12.4. The fraction of sp³-hybridized carbons (Fsp3) is 0.300. The minimum Gasteiger partial charge on any atom is -0.493 e. The van der Waals surface area contributed by atoms with Crippen LogP contribution in [0, 0.1) is 0 Å². The van der Waals surface area contributed by atoms with Gasteiger partial charge in [-0.05, 0) is 0 Å². The van der Waals surface area contributed by atoms with E-state index in [1.165, 1.54) is 20.3 Å². The predicted molar refractivity (Wildman–Crippen MR) is 52.6 cm³/mol. The molecule has 86 valence electrons. The smallest absolute Gasteiger partial charge is 0.339 e. The van der Waals surface area contributed by atoms with Crippen molar-refractivity contribution in [2.45, 2.75) is 0 Å². The van der Waals surface area contributed by atoms with Gasteiger partial charge >= 0.3 is 5.97 Å². The average Bonchev–Trinajstić information content (AvgIpc) is 2.75. The third-order valence-corrected chi connectivity index (χ3v) is 2.22. The second-order valence-corrected chi connectivity index (χ2v) is 3.03. The van der Waals surface area contributed by atoms with Crippen LogP contribution in [0.1, 0.15) is 10.4 Å². The van der Waals surface area contributed by atoms with E-state index in [9.17, 15) is 4.79 Å². The molecule has 0 aromatic heterocycles. The number of carboxylic acid groups (broad SMARTS) is 1. The second kappa shape index (κ2) is 3.80. The van der Waals surface area contributed by atoms with E-state index in [1.807, 2.05) is 0 Å². The summed E-state index contributed by atoms with van der Waals surface area (Å²) >= 11 is 0. The summed E-state index contributed by atoms with van der Waals surface area (Å²) in [5, 5.41) is 9.02. The summed E-state index contributed by atoms with van der Waals surface area (Å²) in [5.41, 5.74) is -0.0244. The molecule has 0 amide bonds. The molecule has 1 aliphatic heterocycles. The summed E-state index contributed by atoms with van der Waals surface area (Å²) in [6.07, 6.45) is 0. The number of hydrogen-bond acceptors (Lipinski definition) is 5. The van der Waals surface area contributed by atoms with Gasteiger partial charge in [-0.2, -0.15) is 0 Å². The van der Waals surface area contributed by atoms with Crippen molar-refractivity contribution in [2.75, 3.05) is 21.0 Å². The number of rotatable bonds is 3. The molecule has 0 fully saturated rings. The minimum absolute atomic E-state index is 0.0190. The van der Waals surface area contributed by atoms with E-state index in [2.05, 4.69) is 0 Å². The maximum absolute atomic E-state index is 11.0.